The summed E-state index contributed by atoms with van der Waals surface area (Å²) in [7, 11) is 0. The van der Waals surface area contributed by atoms with Crippen molar-refractivity contribution in [3.63, 3.8) is 0 Å². The number of hydrogen-bond donors (Lipinski definition) is 0. The van der Waals surface area contributed by atoms with Gasteiger partial charge in [0.1, 0.15) is 9.53 Å². The zero-order valence-corrected chi connectivity index (χ0v) is 8.81. The van der Waals surface area contributed by atoms with Crippen LogP contribution >= 0.6 is 33.9 Å². The second kappa shape index (κ2) is 2.67. The van der Waals surface area contributed by atoms with E-state index < -0.39 is 0 Å². The molecule has 0 fully saturated rings. The minimum Gasteiger partial charge on any atom is -0.232 e. The Bertz CT molecular complexity index is 396. The molecule has 0 aliphatic heterocycles. The van der Waals surface area contributed by atoms with Crippen LogP contribution in [0.1, 0.15) is 5.82 Å². The molecule has 2 aromatic rings. The molecule has 0 atom stereocenters. The average molecular weight is 276 g/mol. The quantitative estimate of drug-likeness (QED) is 0.546. The molecule has 0 saturated carbocycles. The summed E-state index contributed by atoms with van der Waals surface area (Å²) in [6.45, 7) is 1.92. The Hall–Kier alpha value is -0.230. The number of nitrogens with zero attached hydrogens (tertiary/aromatic N) is 2. The Labute approximate surface area is 81.8 Å². The highest BCUT2D eigenvalue weighted by atomic mass is 127. The molecule has 56 valence electrons. The summed E-state index contributed by atoms with van der Waals surface area (Å²) < 4.78 is 2.25. The molecule has 2 nitrogen and oxygen atoms in total. The molecule has 0 bridgehead atoms. The Balaban J connectivity index is 2.91. The van der Waals surface area contributed by atoms with Crippen LogP contribution in [0.25, 0.3) is 10.2 Å². The van der Waals surface area contributed by atoms with E-state index in [0.717, 1.165) is 15.0 Å². The van der Waals surface area contributed by atoms with E-state index in [1.807, 2.05) is 18.4 Å². The molecular weight excluding hydrogens is 271 g/mol. The Morgan fingerprint density at radius 1 is 1.45 bits per heavy atom. The van der Waals surface area contributed by atoms with E-state index in [2.05, 4.69) is 32.6 Å². The molecule has 0 spiro atoms. The highest BCUT2D eigenvalue weighted by molar-refractivity contribution is 14.1. The second-order valence-corrected chi connectivity index (χ2v) is 4.13. The molecule has 0 saturated heterocycles. The number of rotatable bonds is 0. The SMILES string of the molecule is Cc1nc(I)c2sccc2n1. The third-order valence-electron chi connectivity index (χ3n) is 1.37. The third kappa shape index (κ3) is 1.24. The average Bonchev–Trinajstić information content (AvgIpc) is 2.34. The van der Waals surface area contributed by atoms with Gasteiger partial charge in [0.05, 0.1) is 10.2 Å². The third-order valence-corrected chi connectivity index (χ3v) is 3.43. The molecule has 0 unspecified atom stereocenters. The topological polar surface area (TPSA) is 25.8 Å². The van der Waals surface area contributed by atoms with Gasteiger partial charge in [-0.15, -0.1) is 11.3 Å². The van der Waals surface area contributed by atoms with Crippen molar-refractivity contribution in [2.24, 2.45) is 0 Å². The van der Waals surface area contributed by atoms with Gasteiger partial charge in [-0.1, -0.05) is 0 Å². The summed E-state index contributed by atoms with van der Waals surface area (Å²) in [4.78, 5) is 8.55. The maximum atomic E-state index is 4.29. The molecule has 11 heavy (non-hydrogen) atoms. The largest absolute Gasteiger partial charge is 0.232 e. The number of fused-ring (bicyclic) bond motifs is 1. The molecular formula is C7H5IN2S. The Kier molecular flexibility index (Phi) is 1.80. The first kappa shape index (κ1) is 7.42. The molecule has 2 aromatic heterocycles. The van der Waals surface area contributed by atoms with Crippen LogP contribution in [0.4, 0.5) is 0 Å². The number of hydrogen-bond acceptors (Lipinski definition) is 3. The highest BCUT2D eigenvalue weighted by Crippen LogP contribution is 2.22. The molecule has 0 radical (unpaired) electrons. The van der Waals surface area contributed by atoms with Gasteiger partial charge in [0.2, 0.25) is 0 Å². The van der Waals surface area contributed by atoms with E-state index >= 15 is 0 Å². The normalized spacial score (nSPS) is 10.7. The molecule has 0 aromatic carbocycles. The maximum absolute atomic E-state index is 4.29. The minimum atomic E-state index is 0.848. The van der Waals surface area contributed by atoms with E-state index in [9.17, 15) is 0 Å². The maximum Gasteiger partial charge on any atom is 0.127 e. The van der Waals surface area contributed by atoms with E-state index in [1.165, 1.54) is 4.70 Å². The highest BCUT2D eigenvalue weighted by Gasteiger charge is 2.02. The first-order valence-electron chi connectivity index (χ1n) is 3.15. The molecule has 0 aliphatic carbocycles. The zero-order chi connectivity index (χ0) is 7.84. The van der Waals surface area contributed by atoms with Crippen LogP contribution in [0, 0.1) is 10.6 Å². The zero-order valence-electron chi connectivity index (χ0n) is 5.84. The number of aryl methyl sites for hydroxylation is 1. The molecule has 0 N–H and O–H groups in total. The smallest absolute Gasteiger partial charge is 0.127 e. The molecule has 4 heteroatoms. The van der Waals surface area contributed by atoms with Crippen LogP contribution in [-0.4, -0.2) is 9.97 Å². The van der Waals surface area contributed by atoms with Crippen molar-refractivity contribution in [2.75, 3.05) is 0 Å². The van der Waals surface area contributed by atoms with E-state index in [0.29, 0.717) is 0 Å². The number of thiophene rings is 1. The van der Waals surface area contributed by atoms with Crippen molar-refractivity contribution in [1.82, 2.24) is 9.97 Å². The van der Waals surface area contributed by atoms with Gasteiger partial charge in [-0.2, -0.15) is 0 Å². The lowest BCUT2D eigenvalue weighted by Gasteiger charge is -1.93. The van der Waals surface area contributed by atoms with Crippen LogP contribution in [0.5, 0.6) is 0 Å². The summed E-state index contributed by atoms with van der Waals surface area (Å²) in [5.74, 6) is 0.848. The van der Waals surface area contributed by atoms with Crippen LogP contribution in [0.3, 0.4) is 0 Å². The van der Waals surface area contributed by atoms with Gasteiger partial charge in [0.15, 0.2) is 0 Å². The van der Waals surface area contributed by atoms with Crippen molar-refractivity contribution < 1.29 is 0 Å². The van der Waals surface area contributed by atoms with Gasteiger partial charge in [0, 0.05) is 0 Å². The van der Waals surface area contributed by atoms with Crippen LogP contribution in [0.2, 0.25) is 0 Å². The van der Waals surface area contributed by atoms with Crippen molar-refractivity contribution in [3.8, 4) is 0 Å². The molecule has 2 rings (SSSR count). The molecule has 0 amide bonds. The van der Waals surface area contributed by atoms with Gasteiger partial charge < -0.3 is 0 Å². The lowest BCUT2D eigenvalue weighted by Crippen LogP contribution is -1.89. The summed E-state index contributed by atoms with van der Waals surface area (Å²) >= 11 is 3.93. The lowest BCUT2D eigenvalue weighted by atomic mass is 10.5. The van der Waals surface area contributed by atoms with Gasteiger partial charge in [-0.25, -0.2) is 9.97 Å². The predicted molar refractivity (Wildman–Crippen MR) is 54.9 cm³/mol. The Morgan fingerprint density at radius 2 is 2.27 bits per heavy atom. The summed E-state index contributed by atoms with van der Waals surface area (Å²) in [5.41, 5.74) is 1.06. The first-order chi connectivity index (χ1) is 5.27. The minimum absolute atomic E-state index is 0.848. The van der Waals surface area contributed by atoms with Gasteiger partial charge >= 0.3 is 0 Å². The van der Waals surface area contributed by atoms with Crippen molar-refractivity contribution >= 4 is 44.1 Å². The summed E-state index contributed by atoms with van der Waals surface area (Å²) in [6, 6.07) is 2.02. The van der Waals surface area contributed by atoms with Crippen LogP contribution < -0.4 is 0 Å². The number of halogens is 1. The lowest BCUT2D eigenvalue weighted by molar-refractivity contribution is 1.07. The first-order valence-corrected chi connectivity index (χ1v) is 5.10. The second-order valence-electron chi connectivity index (χ2n) is 2.20. The van der Waals surface area contributed by atoms with Gasteiger partial charge in [-0.3, -0.25) is 0 Å². The molecule has 2 heterocycles. The van der Waals surface area contributed by atoms with Crippen molar-refractivity contribution in [3.05, 3.63) is 21.0 Å². The summed E-state index contributed by atoms with van der Waals surface area (Å²) in [5, 5.41) is 2.04. The fourth-order valence-corrected chi connectivity index (χ4v) is 2.65. The standard InChI is InChI=1S/C7H5IN2S/c1-4-9-5-2-3-11-6(5)7(8)10-4/h2-3H,1H3. The summed E-state index contributed by atoms with van der Waals surface area (Å²) in [6.07, 6.45) is 0. The van der Waals surface area contributed by atoms with E-state index in [1.54, 1.807) is 11.3 Å². The van der Waals surface area contributed by atoms with Crippen LogP contribution in [-0.2, 0) is 0 Å². The number of aromatic nitrogens is 2. The van der Waals surface area contributed by atoms with Crippen molar-refractivity contribution in [1.29, 1.82) is 0 Å². The van der Waals surface area contributed by atoms with E-state index in [4.69, 9.17) is 0 Å². The van der Waals surface area contributed by atoms with Gasteiger partial charge in [0.25, 0.3) is 0 Å². The monoisotopic (exact) mass is 276 g/mol. The Morgan fingerprint density at radius 3 is 3.09 bits per heavy atom. The predicted octanol–water partition coefficient (Wildman–Crippen LogP) is 2.60. The van der Waals surface area contributed by atoms with Gasteiger partial charge in [-0.05, 0) is 41.0 Å². The molecule has 0 aliphatic rings. The fourth-order valence-electron chi connectivity index (χ4n) is 0.937. The van der Waals surface area contributed by atoms with Crippen molar-refractivity contribution in [2.45, 2.75) is 6.92 Å². The fraction of sp³-hybridized carbons (Fsp3) is 0.143. The van der Waals surface area contributed by atoms with Crippen LogP contribution in [0.15, 0.2) is 11.4 Å². The van der Waals surface area contributed by atoms with E-state index in [-0.39, 0.29) is 0 Å².